The maximum atomic E-state index is 13.5. The van der Waals surface area contributed by atoms with Crippen LogP contribution in [0.3, 0.4) is 0 Å². The van der Waals surface area contributed by atoms with Gasteiger partial charge >= 0.3 is 0 Å². The van der Waals surface area contributed by atoms with Crippen molar-refractivity contribution in [3.8, 4) is 16.9 Å². The van der Waals surface area contributed by atoms with Gasteiger partial charge in [-0.3, -0.25) is 9.69 Å². The Morgan fingerprint density at radius 2 is 1.85 bits per heavy atom. The summed E-state index contributed by atoms with van der Waals surface area (Å²) in [7, 11) is 1.64. The van der Waals surface area contributed by atoms with E-state index in [1.165, 1.54) is 16.9 Å². The van der Waals surface area contributed by atoms with Crippen LogP contribution >= 0.6 is 11.3 Å². The van der Waals surface area contributed by atoms with Crippen molar-refractivity contribution in [1.82, 2.24) is 4.98 Å². The second kappa shape index (κ2) is 9.73. The number of ether oxygens (including phenoxy) is 2. The number of rotatable bonds is 7. The van der Waals surface area contributed by atoms with E-state index in [2.05, 4.69) is 24.3 Å². The van der Waals surface area contributed by atoms with Crippen LogP contribution in [-0.2, 0) is 16.0 Å². The van der Waals surface area contributed by atoms with E-state index in [-0.39, 0.29) is 12.0 Å². The smallest absolute Gasteiger partial charge is 0.233 e. The Morgan fingerprint density at radius 1 is 1.06 bits per heavy atom. The van der Waals surface area contributed by atoms with Gasteiger partial charge in [0.2, 0.25) is 5.91 Å². The number of benzene rings is 3. The summed E-state index contributed by atoms with van der Waals surface area (Å²) in [5.74, 6) is 0.743. The van der Waals surface area contributed by atoms with Crippen LogP contribution in [0.4, 0.5) is 5.13 Å². The number of nitrogens with zero attached hydrogens (tertiary/aromatic N) is 2. The van der Waals surface area contributed by atoms with Crippen LogP contribution in [0.1, 0.15) is 18.4 Å². The average molecular weight is 459 g/mol. The van der Waals surface area contributed by atoms with Crippen LogP contribution < -0.4 is 9.64 Å². The Morgan fingerprint density at radius 3 is 2.58 bits per heavy atom. The summed E-state index contributed by atoms with van der Waals surface area (Å²) >= 11 is 1.52. The molecule has 3 aromatic carbocycles. The van der Waals surface area contributed by atoms with Gasteiger partial charge in [0.25, 0.3) is 0 Å². The number of methoxy groups -OCH3 is 1. The number of anilines is 1. The van der Waals surface area contributed by atoms with E-state index in [9.17, 15) is 4.79 Å². The Hall–Kier alpha value is -3.22. The van der Waals surface area contributed by atoms with Gasteiger partial charge in [0.05, 0.1) is 30.9 Å². The van der Waals surface area contributed by atoms with Gasteiger partial charge in [0, 0.05) is 6.61 Å². The van der Waals surface area contributed by atoms with E-state index < -0.39 is 0 Å². The van der Waals surface area contributed by atoms with Gasteiger partial charge in [-0.05, 0) is 41.7 Å². The predicted octanol–water partition coefficient (Wildman–Crippen LogP) is 5.73. The monoisotopic (exact) mass is 458 g/mol. The van der Waals surface area contributed by atoms with E-state index in [1.54, 1.807) is 12.0 Å². The number of aromatic nitrogens is 1. The minimum atomic E-state index is 0.0241. The lowest BCUT2D eigenvalue weighted by Gasteiger charge is -2.23. The Bertz CT molecular complexity index is 1230. The topological polar surface area (TPSA) is 51.7 Å². The molecule has 1 aliphatic heterocycles. The van der Waals surface area contributed by atoms with Crippen LogP contribution in [0.5, 0.6) is 5.75 Å². The molecule has 1 aliphatic rings. The molecule has 168 valence electrons. The highest BCUT2D eigenvalue weighted by Gasteiger charge is 2.26. The van der Waals surface area contributed by atoms with Crippen LogP contribution in [0.15, 0.2) is 72.8 Å². The fourth-order valence-corrected chi connectivity index (χ4v) is 5.20. The summed E-state index contributed by atoms with van der Waals surface area (Å²) in [5.41, 5.74) is 4.08. The van der Waals surface area contributed by atoms with Crippen LogP contribution in [-0.4, -0.2) is 37.3 Å². The number of amides is 1. The Labute approximate surface area is 197 Å². The van der Waals surface area contributed by atoms with Gasteiger partial charge in [-0.15, -0.1) is 0 Å². The third-order valence-electron chi connectivity index (χ3n) is 5.95. The van der Waals surface area contributed by atoms with Gasteiger partial charge < -0.3 is 9.47 Å². The van der Waals surface area contributed by atoms with Crippen molar-refractivity contribution < 1.29 is 14.3 Å². The fourth-order valence-electron chi connectivity index (χ4n) is 4.19. The summed E-state index contributed by atoms with van der Waals surface area (Å²) in [6.45, 7) is 1.27. The molecular formula is C27H26N2O3S. The highest BCUT2D eigenvalue weighted by Crippen LogP contribution is 2.35. The third kappa shape index (κ3) is 4.77. The first-order valence-corrected chi connectivity index (χ1v) is 12.0. The number of para-hydroxylation sites is 1. The summed E-state index contributed by atoms with van der Waals surface area (Å²) in [4.78, 5) is 20.1. The van der Waals surface area contributed by atoms with Gasteiger partial charge in [-0.2, -0.15) is 0 Å². The molecule has 6 heteroatoms. The maximum absolute atomic E-state index is 13.5. The van der Waals surface area contributed by atoms with Crippen LogP contribution in [0.2, 0.25) is 0 Å². The minimum Gasteiger partial charge on any atom is -0.494 e. The third-order valence-corrected chi connectivity index (χ3v) is 6.99. The van der Waals surface area contributed by atoms with Gasteiger partial charge in [-0.1, -0.05) is 72.0 Å². The molecule has 0 N–H and O–H groups in total. The van der Waals surface area contributed by atoms with Crippen molar-refractivity contribution in [2.75, 3.05) is 25.2 Å². The van der Waals surface area contributed by atoms with Crippen molar-refractivity contribution in [3.05, 3.63) is 78.4 Å². The normalized spacial score (nSPS) is 15.6. The van der Waals surface area contributed by atoms with E-state index in [0.29, 0.717) is 18.1 Å². The van der Waals surface area contributed by atoms with E-state index in [4.69, 9.17) is 14.5 Å². The Kier molecular flexibility index (Phi) is 6.37. The number of hydrogen-bond donors (Lipinski definition) is 0. The highest BCUT2D eigenvalue weighted by atomic mass is 32.1. The molecule has 0 spiro atoms. The van der Waals surface area contributed by atoms with E-state index in [1.807, 2.05) is 48.5 Å². The van der Waals surface area contributed by atoms with E-state index in [0.717, 1.165) is 46.5 Å². The van der Waals surface area contributed by atoms with Crippen molar-refractivity contribution in [2.24, 2.45) is 0 Å². The standard InChI is InChI=1S/C27H26N2O3S/c1-31-23-10-5-11-24-26(23)28-27(33-24)29(18-22-9-6-16-32-22)25(30)17-19-12-14-21(15-13-19)20-7-3-2-4-8-20/h2-5,7-8,10-15,22H,6,9,16-18H2,1H3. The number of hydrogen-bond acceptors (Lipinski definition) is 5. The molecule has 5 nitrogen and oxygen atoms in total. The average Bonchev–Trinajstić information content (AvgIpc) is 3.53. The second-order valence-electron chi connectivity index (χ2n) is 8.18. The Balaban J connectivity index is 1.40. The number of thiazole rings is 1. The lowest BCUT2D eigenvalue weighted by molar-refractivity contribution is -0.118. The molecule has 1 atom stereocenters. The van der Waals surface area contributed by atoms with Crippen molar-refractivity contribution in [1.29, 1.82) is 0 Å². The van der Waals surface area contributed by atoms with E-state index >= 15 is 0 Å². The summed E-state index contributed by atoms with van der Waals surface area (Å²) < 4.78 is 12.3. The van der Waals surface area contributed by atoms with Crippen molar-refractivity contribution >= 4 is 32.6 Å². The quantitative estimate of drug-likeness (QED) is 0.355. The molecule has 1 aromatic heterocycles. The zero-order valence-corrected chi connectivity index (χ0v) is 19.4. The van der Waals surface area contributed by atoms with Crippen molar-refractivity contribution in [2.45, 2.75) is 25.4 Å². The zero-order valence-electron chi connectivity index (χ0n) is 18.6. The van der Waals surface area contributed by atoms with Crippen molar-refractivity contribution in [3.63, 3.8) is 0 Å². The molecule has 0 radical (unpaired) electrons. The summed E-state index contributed by atoms with van der Waals surface area (Å²) in [6.07, 6.45) is 2.35. The molecule has 1 unspecified atom stereocenters. The molecule has 1 fully saturated rings. The lowest BCUT2D eigenvalue weighted by atomic mass is 10.0. The first-order valence-electron chi connectivity index (χ1n) is 11.2. The zero-order chi connectivity index (χ0) is 22.6. The minimum absolute atomic E-state index is 0.0241. The summed E-state index contributed by atoms with van der Waals surface area (Å²) in [6, 6.07) is 24.3. The maximum Gasteiger partial charge on any atom is 0.233 e. The predicted molar refractivity (Wildman–Crippen MR) is 133 cm³/mol. The number of carbonyl (C=O) groups is 1. The molecule has 0 bridgehead atoms. The molecular weight excluding hydrogens is 432 g/mol. The molecule has 1 saturated heterocycles. The fraction of sp³-hybridized carbons (Fsp3) is 0.259. The number of carbonyl (C=O) groups excluding carboxylic acids is 1. The second-order valence-corrected chi connectivity index (χ2v) is 9.19. The largest absolute Gasteiger partial charge is 0.494 e. The molecule has 2 heterocycles. The molecule has 33 heavy (non-hydrogen) atoms. The van der Waals surface area contributed by atoms with Crippen LogP contribution in [0.25, 0.3) is 21.3 Å². The van der Waals surface area contributed by atoms with Gasteiger partial charge in [0.15, 0.2) is 5.13 Å². The number of fused-ring (bicyclic) bond motifs is 1. The first-order chi connectivity index (χ1) is 16.2. The molecule has 0 aliphatic carbocycles. The highest BCUT2D eigenvalue weighted by molar-refractivity contribution is 7.22. The molecule has 4 aromatic rings. The lowest BCUT2D eigenvalue weighted by Crippen LogP contribution is -2.38. The SMILES string of the molecule is COc1cccc2sc(N(CC3CCCO3)C(=O)Cc3ccc(-c4ccccc4)cc3)nc12. The molecule has 0 saturated carbocycles. The first kappa shape index (κ1) is 21.6. The molecule has 1 amide bonds. The van der Waals surface area contributed by atoms with Crippen LogP contribution in [0, 0.1) is 0 Å². The molecule has 5 rings (SSSR count). The van der Waals surface area contributed by atoms with Gasteiger partial charge in [-0.25, -0.2) is 4.98 Å². The van der Waals surface area contributed by atoms with Gasteiger partial charge in [0.1, 0.15) is 11.3 Å². The summed E-state index contributed by atoms with van der Waals surface area (Å²) in [5, 5.41) is 0.691.